The van der Waals surface area contributed by atoms with E-state index in [1.54, 1.807) is 48.5 Å². The van der Waals surface area contributed by atoms with Gasteiger partial charge in [0.1, 0.15) is 6.10 Å². The molecule has 1 heterocycles. The highest BCUT2D eigenvalue weighted by molar-refractivity contribution is 5.90. The van der Waals surface area contributed by atoms with Crippen LogP contribution in [0.4, 0.5) is 0 Å². The van der Waals surface area contributed by atoms with Crippen molar-refractivity contribution in [2.24, 2.45) is 0 Å². The molecule has 0 aromatic heterocycles. The van der Waals surface area contributed by atoms with E-state index in [0.717, 1.165) is 0 Å². The van der Waals surface area contributed by atoms with Crippen molar-refractivity contribution >= 4 is 11.9 Å². The zero-order valence-electron chi connectivity index (χ0n) is 13.7. The van der Waals surface area contributed by atoms with E-state index in [2.05, 4.69) is 0 Å². The number of hydrogen-bond donors (Lipinski definition) is 2. The molecule has 1 saturated heterocycles. The van der Waals surface area contributed by atoms with Gasteiger partial charge in [-0.3, -0.25) is 0 Å². The van der Waals surface area contributed by atoms with Gasteiger partial charge in [0.05, 0.1) is 17.7 Å². The first-order chi connectivity index (χ1) is 12.6. The molecule has 1 aliphatic rings. The Morgan fingerprint density at radius 3 is 1.88 bits per heavy atom. The van der Waals surface area contributed by atoms with Gasteiger partial charge in [-0.2, -0.15) is 0 Å². The Morgan fingerprint density at radius 1 is 0.846 bits per heavy atom. The maximum absolute atomic E-state index is 12.1. The first kappa shape index (κ1) is 18.1. The molecular weight excluding hydrogens is 340 g/mol. The van der Waals surface area contributed by atoms with Crippen molar-refractivity contribution in [2.75, 3.05) is 6.61 Å². The average molecular weight is 358 g/mol. The van der Waals surface area contributed by atoms with E-state index in [9.17, 15) is 19.8 Å². The van der Waals surface area contributed by atoms with E-state index < -0.39 is 36.5 Å². The molecule has 3 rings (SSSR count). The molecule has 7 heteroatoms. The summed E-state index contributed by atoms with van der Waals surface area (Å²) < 4.78 is 15.5. The molecule has 4 atom stereocenters. The van der Waals surface area contributed by atoms with Crippen LogP contribution in [0.2, 0.25) is 0 Å². The molecule has 136 valence electrons. The van der Waals surface area contributed by atoms with Gasteiger partial charge >= 0.3 is 11.9 Å². The topological polar surface area (TPSA) is 102 Å². The second-order valence-electron chi connectivity index (χ2n) is 5.76. The summed E-state index contributed by atoms with van der Waals surface area (Å²) in [7, 11) is 0. The van der Waals surface area contributed by atoms with E-state index in [4.69, 9.17) is 14.2 Å². The predicted octanol–water partition coefficient (Wildman–Crippen LogP) is 1.15. The van der Waals surface area contributed by atoms with Gasteiger partial charge in [-0.15, -0.1) is 0 Å². The Kier molecular flexibility index (Phi) is 5.62. The van der Waals surface area contributed by atoms with Crippen LogP contribution in [0.25, 0.3) is 0 Å². The molecule has 0 amide bonds. The Hall–Kier alpha value is -2.74. The van der Waals surface area contributed by atoms with Crippen molar-refractivity contribution < 1.29 is 34.0 Å². The normalized spacial score (nSPS) is 25.3. The third kappa shape index (κ3) is 4.08. The van der Waals surface area contributed by atoms with Gasteiger partial charge in [0.25, 0.3) is 0 Å². The monoisotopic (exact) mass is 358 g/mol. The van der Waals surface area contributed by atoms with E-state index in [0.29, 0.717) is 5.56 Å². The van der Waals surface area contributed by atoms with Crippen LogP contribution in [-0.2, 0) is 14.2 Å². The Balaban J connectivity index is 1.67. The molecule has 1 fully saturated rings. The molecule has 7 nitrogen and oxygen atoms in total. The summed E-state index contributed by atoms with van der Waals surface area (Å²) in [5.74, 6) is -1.38. The molecule has 2 N–H and O–H groups in total. The van der Waals surface area contributed by atoms with Crippen LogP contribution >= 0.6 is 0 Å². The highest BCUT2D eigenvalue weighted by Crippen LogP contribution is 2.22. The fraction of sp³-hybridized carbons (Fsp3) is 0.263. The molecular formula is C19H18O7. The van der Waals surface area contributed by atoms with Gasteiger partial charge < -0.3 is 24.4 Å². The smallest absolute Gasteiger partial charge is 0.338 e. The van der Waals surface area contributed by atoms with Crippen molar-refractivity contribution in [3.63, 3.8) is 0 Å². The van der Waals surface area contributed by atoms with Crippen LogP contribution in [0.3, 0.4) is 0 Å². The van der Waals surface area contributed by atoms with Crippen molar-refractivity contribution in [1.29, 1.82) is 0 Å². The van der Waals surface area contributed by atoms with Gasteiger partial charge in [-0.1, -0.05) is 36.4 Å². The predicted molar refractivity (Wildman–Crippen MR) is 89.3 cm³/mol. The number of hydrogen-bond acceptors (Lipinski definition) is 7. The second-order valence-corrected chi connectivity index (χ2v) is 5.76. The molecule has 0 spiro atoms. The second kappa shape index (κ2) is 8.09. The van der Waals surface area contributed by atoms with Crippen molar-refractivity contribution in [3.8, 4) is 0 Å². The number of benzene rings is 2. The minimum Gasteiger partial charge on any atom is -0.453 e. The molecule has 1 unspecified atom stereocenters. The van der Waals surface area contributed by atoms with Gasteiger partial charge in [0, 0.05) is 0 Å². The summed E-state index contributed by atoms with van der Waals surface area (Å²) in [6.07, 6.45) is -5.42. The lowest BCUT2D eigenvalue weighted by atomic mass is 10.0. The zero-order valence-corrected chi connectivity index (χ0v) is 13.7. The molecule has 1 aliphatic heterocycles. The van der Waals surface area contributed by atoms with E-state index in [1.807, 2.05) is 0 Å². The number of rotatable bonds is 4. The Bertz CT molecular complexity index is 747. The van der Waals surface area contributed by atoms with E-state index in [-0.39, 0.29) is 12.2 Å². The van der Waals surface area contributed by atoms with E-state index in [1.165, 1.54) is 12.1 Å². The Labute approximate surface area is 149 Å². The lowest BCUT2D eigenvalue weighted by molar-refractivity contribution is -0.251. The van der Waals surface area contributed by atoms with Crippen LogP contribution in [0, 0.1) is 0 Å². The lowest BCUT2D eigenvalue weighted by Crippen LogP contribution is -2.56. The number of carbonyl (C=O) groups is 2. The SMILES string of the molecule is O=C(O[C@@H]1COC(O)[C@H](OC(=O)c2ccccc2)[C@H]1O)c1ccccc1. The van der Waals surface area contributed by atoms with E-state index >= 15 is 0 Å². The van der Waals surface area contributed by atoms with Crippen molar-refractivity contribution in [1.82, 2.24) is 0 Å². The third-order valence-electron chi connectivity index (χ3n) is 3.95. The molecule has 26 heavy (non-hydrogen) atoms. The summed E-state index contributed by atoms with van der Waals surface area (Å²) in [5, 5.41) is 20.3. The fourth-order valence-electron chi connectivity index (χ4n) is 2.54. The summed E-state index contributed by atoms with van der Waals surface area (Å²) in [5.41, 5.74) is 0.568. The number of aliphatic hydroxyl groups excluding tert-OH is 2. The quantitative estimate of drug-likeness (QED) is 0.790. The van der Waals surface area contributed by atoms with Crippen molar-refractivity contribution in [2.45, 2.75) is 24.6 Å². The van der Waals surface area contributed by atoms with Gasteiger partial charge in [-0.25, -0.2) is 9.59 Å². The summed E-state index contributed by atoms with van der Waals surface area (Å²) >= 11 is 0. The van der Waals surface area contributed by atoms with Gasteiger partial charge in [-0.05, 0) is 24.3 Å². The minimum absolute atomic E-state index is 0.222. The first-order valence-electron chi connectivity index (χ1n) is 8.06. The van der Waals surface area contributed by atoms with Gasteiger partial charge in [0.15, 0.2) is 18.5 Å². The minimum atomic E-state index is -1.52. The largest absolute Gasteiger partial charge is 0.453 e. The fourth-order valence-corrected chi connectivity index (χ4v) is 2.54. The zero-order chi connectivity index (χ0) is 18.5. The number of carbonyl (C=O) groups excluding carboxylic acids is 2. The standard InChI is InChI=1S/C19H18O7/c20-15-14(25-17(21)12-7-3-1-4-8-12)11-24-19(23)16(15)26-18(22)13-9-5-2-6-10-13/h1-10,14-16,19-20,23H,11H2/t14-,15+,16-,19?/m1/s1. The molecule has 2 aromatic rings. The van der Waals surface area contributed by atoms with Crippen LogP contribution in [0.1, 0.15) is 20.7 Å². The molecule has 0 aliphatic carbocycles. The number of ether oxygens (including phenoxy) is 3. The van der Waals surface area contributed by atoms with Crippen LogP contribution < -0.4 is 0 Å². The maximum atomic E-state index is 12.1. The molecule has 0 saturated carbocycles. The van der Waals surface area contributed by atoms with Gasteiger partial charge in [0.2, 0.25) is 0 Å². The summed E-state index contributed by atoms with van der Waals surface area (Å²) in [6, 6.07) is 16.4. The summed E-state index contributed by atoms with van der Waals surface area (Å²) in [6.45, 7) is -0.222. The number of esters is 2. The molecule has 2 aromatic carbocycles. The highest BCUT2D eigenvalue weighted by atomic mass is 16.7. The summed E-state index contributed by atoms with van der Waals surface area (Å²) in [4.78, 5) is 24.3. The highest BCUT2D eigenvalue weighted by Gasteiger charge is 2.43. The van der Waals surface area contributed by atoms with Crippen LogP contribution in [0.15, 0.2) is 60.7 Å². The third-order valence-corrected chi connectivity index (χ3v) is 3.95. The lowest BCUT2D eigenvalue weighted by Gasteiger charge is -2.36. The Morgan fingerprint density at radius 2 is 1.35 bits per heavy atom. The number of aliphatic hydroxyl groups is 2. The average Bonchev–Trinajstić information content (AvgIpc) is 2.68. The first-order valence-corrected chi connectivity index (χ1v) is 8.06. The van der Waals surface area contributed by atoms with Crippen LogP contribution in [0.5, 0.6) is 0 Å². The molecule has 0 bridgehead atoms. The van der Waals surface area contributed by atoms with Crippen LogP contribution in [-0.4, -0.2) is 53.4 Å². The van der Waals surface area contributed by atoms with Crippen molar-refractivity contribution in [3.05, 3.63) is 71.8 Å². The molecule has 0 radical (unpaired) electrons. The maximum Gasteiger partial charge on any atom is 0.338 e.